The van der Waals surface area contributed by atoms with E-state index in [0.717, 1.165) is 32.1 Å². The molecule has 3 nitrogen and oxygen atoms in total. The molecule has 1 aromatic heterocycles. The number of fused-ring (bicyclic) bond motifs is 1. The zero-order valence-corrected chi connectivity index (χ0v) is 10.1. The van der Waals surface area contributed by atoms with Crippen LogP contribution >= 0.6 is 0 Å². The molecule has 3 rings (SSSR count). The Hall–Kier alpha value is -0.930. The van der Waals surface area contributed by atoms with Crippen molar-refractivity contribution in [2.75, 3.05) is 0 Å². The topological polar surface area (TPSA) is 45.1 Å². The fourth-order valence-corrected chi connectivity index (χ4v) is 3.17. The lowest BCUT2D eigenvalue weighted by molar-refractivity contribution is 0.108. The van der Waals surface area contributed by atoms with E-state index in [1.54, 1.807) is 0 Å². The number of rotatable bonds is 2. The third kappa shape index (κ3) is 2.35. The van der Waals surface area contributed by atoms with Crippen molar-refractivity contribution in [3.63, 3.8) is 0 Å². The first kappa shape index (κ1) is 11.2. The minimum atomic E-state index is -0.106. The van der Waals surface area contributed by atoms with Crippen LogP contribution in [0.15, 0.2) is 18.3 Å². The summed E-state index contributed by atoms with van der Waals surface area (Å²) in [6, 6.07) is 5.07. The molecule has 92 valence electrons. The number of hydrogen-bond donors (Lipinski definition) is 2. The van der Waals surface area contributed by atoms with E-state index in [2.05, 4.69) is 16.4 Å². The number of aliphatic hydroxyl groups is 1. The summed E-state index contributed by atoms with van der Waals surface area (Å²) < 4.78 is 0. The third-order valence-corrected chi connectivity index (χ3v) is 4.04. The molecule has 2 aliphatic carbocycles. The molecule has 0 saturated heterocycles. The van der Waals surface area contributed by atoms with Crippen molar-refractivity contribution < 1.29 is 5.11 Å². The van der Waals surface area contributed by atoms with Gasteiger partial charge in [-0.3, -0.25) is 4.98 Å². The van der Waals surface area contributed by atoms with Gasteiger partial charge in [0.1, 0.15) is 0 Å². The van der Waals surface area contributed by atoms with Gasteiger partial charge in [-0.15, -0.1) is 0 Å². The smallest absolute Gasteiger partial charge is 0.0605 e. The monoisotopic (exact) mass is 232 g/mol. The van der Waals surface area contributed by atoms with E-state index >= 15 is 0 Å². The predicted octanol–water partition coefficient (Wildman–Crippen LogP) is 1.96. The summed E-state index contributed by atoms with van der Waals surface area (Å²) in [6.45, 7) is 0. The van der Waals surface area contributed by atoms with Crippen LogP contribution in [0.3, 0.4) is 0 Å². The van der Waals surface area contributed by atoms with Crippen LogP contribution in [-0.4, -0.2) is 22.2 Å². The third-order valence-electron chi connectivity index (χ3n) is 4.04. The van der Waals surface area contributed by atoms with Crippen molar-refractivity contribution in [1.82, 2.24) is 10.3 Å². The number of nitrogens with one attached hydrogen (secondary N) is 1. The molecular weight excluding hydrogens is 212 g/mol. The lowest BCUT2D eigenvalue weighted by atomic mass is 9.92. The van der Waals surface area contributed by atoms with Gasteiger partial charge in [0.15, 0.2) is 0 Å². The molecule has 3 heteroatoms. The Bertz CT molecular complexity index is 394. The van der Waals surface area contributed by atoms with Crippen molar-refractivity contribution in [1.29, 1.82) is 0 Å². The van der Waals surface area contributed by atoms with E-state index in [1.807, 2.05) is 12.3 Å². The Balaban J connectivity index is 1.67. The van der Waals surface area contributed by atoms with E-state index in [0.29, 0.717) is 12.1 Å². The Morgan fingerprint density at radius 3 is 3.12 bits per heavy atom. The number of pyridine rings is 1. The highest BCUT2D eigenvalue weighted by atomic mass is 16.3. The molecule has 1 saturated carbocycles. The molecule has 3 atom stereocenters. The van der Waals surface area contributed by atoms with Crippen LogP contribution < -0.4 is 5.32 Å². The zero-order valence-electron chi connectivity index (χ0n) is 10.1. The van der Waals surface area contributed by atoms with Gasteiger partial charge in [0, 0.05) is 12.2 Å². The van der Waals surface area contributed by atoms with Crippen molar-refractivity contribution in [2.45, 2.75) is 56.7 Å². The molecule has 0 amide bonds. The SMILES string of the molecule is OC1CCCC(NC2CCc3cccnc32)C1. The molecule has 0 aliphatic heterocycles. The maximum absolute atomic E-state index is 9.69. The zero-order chi connectivity index (χ0) is 11.7. The molecule has 2 N–H and O–H groups in total. The Kier molecular flexibility index (Phi) is 3.12. The van der Waals surface area contributed by atoms with Gasteiger partial charge in [-0.25, -0.2) is 0 Å². The van der Waals surface area contributed by atoms with E-state index in [-0.39, 0.29) is 6.10 Å². The minimum absolute atomic E-state index is 0.106. The van der Waals surface area contributed by atoms with Gasteiger partial charge >= 0.3 is 0 Å². The standard InChI is InChI=1S/C14H20N2O/c17-12-5-1-4-11(9-12)16-13-7-6-10-3-2-8-15-14(10)13/h2-3,8,11-13,16-17H,1,4-7,9H2. The Labute approximate surface area is 102 Å². The number of aromatic nitrogens is 1. The summed E-state index contributed by atoms with van der Waals surface area (Å²) in [6.07, 6.45) is 8.27. The van der Waals surface area contributed by atoms with E-state index in [1.165, 1.54) is 17.7 Å². The van der Waals surface area contributed by atoms with Crippen LogP contribution in [-0.2, 0) is 6.42 Å². The second kappa shape index (κ2) is 4.75. The average Bonchev–Trinajstić information content (AvgIpc) is 2.73. The van der Waals surface area contributed by atoms with Gasteiger partial charge in [0.25, 0.3) is 0 Å². The number of nitrogens with zero attached hydrogens (tertiary/aromatic N) is 1. The summed E-state index contributed by atoms with van der Waals surface area (Å²) >= 11 is 0. The van der Waals surface area contributed by atoms with Crippen molar-refractivity contribution in [2.24, 2.45) is 0 Å². The molecular formula is C14H20N2O. The fraction of sp³-hybridized carbons (Fsp3) is 0.643. The second-order valence-electron chi connectivity index (χ2n) is 5.32. The summed E-state index contributed by atoms with van der Waals surface area (Å²) in [5.74, 6) is 0. The second-order valence-corrected chi connectivity index (χ2v) is 5.32. The molecule has 1 heterocycles. The normalized spacial score (nSPS) is 32.4. The number of aryl methyl sites for hydroxylation is 1. The number of hydrogen-bond acceptors (Lipinski definition) is 3. The first-order valence-electron chi connectivity index (χ1n) is 6.71. The largest absolute Gasteiger partial charge is 0.393 e. The molecule has 0 bridgehead atoms. The number of aliphatic hydroxyl groups excluding tert-OH is 1. The molecule has 1 fully saturated rings. The lowest BCUT2D eigenvalue weighted by Gasteiger charge is -2.29. The van der Waals surface area contributed by atoms with Crippen molar-refractivity contribution in [3.8, 4) is 0 Å². The highest BCUT2D eigenvalue weighted by Gasteiger charge is 2.28. The van der Waals surface area contributed by atoms with E-state index < -0.39 is 0 Å². The summed E-state index contributed by atoms with van der Waals surface area (Å²) in [5.41, 5.74) is 2.62. The predicted molar refractivity (Wildman–Crippen MR) is 66.7 cm³/mol. The first-order chi connectivity index (χ1) is 8.33. The quantitative estimate of drug-likeness (QED) is 0.819. The molecule has 2 aliphatic rings. The maximum atomic E-state index is 9.69. The molecule has 3 unspecified atom stereocenters. The van der Waals surface area contributed by atoms with Crippen LogP contribution in [0.25, 0.3) is 0 Å². The lowest BCUT2D eigenvalue weighted by Crippen LogP contribution is -2.37. The minimum Gasteiger partial charge on any atom is -0.393 e. The van der Waals surface area contributed by atoms with Crippen LogP contribution in [0.5, 0.6) is 0 Å². The van der Waals surface area contributed by atoms with Crippen LogP contribution in [0.1, 0.15) is 49.4 Å². The van der Waals surface area contributed by atoms with Crippen LogP contribution in [0.2, 0.25) is 0 Å². The van der Waals surface area contributed by atoms with Crippen molar-refractivity contribution in [3.05, 3.63) is 29.6 Å². The first-order valence-corrected chi connectivity index (χ1v) is 6.71. The molecule has 17 heavy (non-hydrogen) atoms. The average molecular weight is 232 g/mol. The fourth-order valence-electron chi connectivity index (χ4n) is 3.17. The molecule has 1 aromatic rings. The summed E-state index contributed by atoms with van der Waals surface area (Å²) in [7, 11) is 0. The summed E-state index contributed by atoms with van der Waals surface area (Å²) in [4.78, 5) is 4.50. The molecule has 0 radical (unpaired) electrons. The van der Waals surface area contributed by atoms with Gasteiger partial charge in [0.05, 0.1) is 17.8 Å². The maximum Gasteiger partial charge on any atom is 0.0605 e. The van der Waals surface area contributed by atoms with Gasteiger partial charge in [0.2, 0.25) is 0 Å². The van der Waals surface area contributed by atoms with Gasteiger partial charge < -0.3 is 10.4 Å². The highest BCUT2D eigenvalue weighted by molar-refractivity contribution is 5.28. The van der Waals surface area contributed by atoms with Gasteiger partial charge in [-0.05, 0) is 50.2 Å². The molecule has 0 aromatic carbocycles. The van der Waals surface area contributed by atoms with E-state index in [4.69, 9.17) is 0 Å². The van der Waals surface area contributed by atoms with Crippen LogP contribution in [0, 0.1) is 0 Å². The highest BCUT2D eigenvalue weighted by Crippen LogP contribution is 2.31. The molecule has 0 spiro atoms. The summed E-state index contributed by atoms with van der Waals surface area (Å²) in [5, 5.41) is 13.4. The van der Waals surface area contributed by atoms with Crippen molar-refractivity contribution >= 4 is 0 Å². The Morgan fingerprint density at radius 2 is 2.24 bits per heavy atom. The van der Waals surface area contributed by atoms with Gasteiger partial charge in [-0.1, -0.05) is 6.07 Å². The van der Waals surface area contributed by atoms with E-state index in [9.17, 15) is 5.11 Å². The Morgan fingerprint density at radius 1 is 1.29 bits per heavy atom. The van der Waals surface area contributed by atoms with Gasteiger partial charge in [-0.2, -0.15) is 0 Å². The van der Waals surface area contributed by atoms with Crippen LogP contribution in [0.4, 0.5) is 0 Å².